The molecule has 116 valence electrons. The molecule has 1 aromatic heterocycles. The fourth-order valence-electron chi connectivity index (χ4n) is 2.63. The predicted octanol–water partition coefficient (Wildman–Crippen LogP) is 2.05. The summed E-state index contributed by atoms with van der Waals surface area (Å²) in [6.45, 7) is 2.20. The van der Waals surface area contributed by atoms with E-state index < -0.39 is 0 Å². The maximum Gasteiger partial charge on any atom is 0.255 e. The van der Waals surface area contributed by atoms with Crippen molar-refractivity contribution in [2.45, 2.75) is 0 Å². The molecule has 2 aromatic rings. The normalized spacial score (nSPS) is 14.4. The molecule has 0 atom stereocenters. The largest absolute Gasteiger partial charge is 0.366 e. The minimum atomic E-state index is -0.247. The lowest BCUT2D eigenvalue weighted by molar-refractivity contribution is 0.0746. The first-order valence-corrected chi connectivity index (χ1v) is 7.34. The Morgan fingerprint density at radius 2 is 1.87 bits per heavy atom. The van der Waals surface area contributed by atoms with Crippen molar-refractivity contribution in [2.24, 2.45) is 0 Å². The van der Waals surface area contributed by atoms with Gasteiger partial charge in [-0.3, -0.25) is 4.79 Å². The van der Waals surface area contributed by atoms with Gasteiger partial charge in [-0.05, 0) is 24.3 Å². The van der Waals surface area contributed by atoms with Crippen molar-refractivity contribution < 1.29 is 9.18 Å². The van der Waals surface area contributed by atoms with Gasteiger partial charge in [0.05, 0.1) is 11.3 Å². The Balaban J connectivity index is 1.65. The van der Waals surface area contributed by atoms with Crippen LogP contribution in [-0.2, 0) is 0 Å². The van der Waals surface area contributed by atoms with E-state index in [9.17, 15) is 9.18 Å². The molecule has 5 nitrogen and oxygen atoms in total. The van der Waals surface area contributed by atoms with Crippen LogP contribution in [0.3, 0.4) is 0 Å². The highest BCUT2D eigenvalue weighted by Gasteiger charge is 2.23. The molecule has 0 bridgehead atoms. The van der Waals surface area contributed by atoms with Crippen LogP contribution in [0.2, 0.25) is 0 Å². The summed E-state index contributed by atoms with van der Waals surface area (Å²) in [6, 6.07) is 11.7. The van der Waals surface area contributed by atoms with Crippen LogP contribution >= 0.6 is 0 Å². The first-order chi connectivity index (χ1) is 11.2. The number of carbonyl (C=O) groups excluding carboxylic acids is 1. The van der Waals surface area contributed by atoms with Crippen LogP contribution in [0.25, 0.3) is 0 Å². The Morgan fingerprint density at radius 1 is 1.13 bits per heavy atom. The summed E-state index contributed by atoms with van der Waals surface area (Å²) in [5, 5.41) is 8.73. The molecule has 3 rings (SSSR count). The molecule has 0 saturated carbocycles. The van der Waals surface area contributed by atoms with Gasteiger partial charge in [-0.15, -0.1) is 0 Å². The van der Waals surface area contributed by atoms with Crippen molar-refractivity contribution in [1.29, 1.82) is 5.26 Å². The monoisotopic (exact) mass is 310 g/mol. The number of benzene rings is 1. The highest BCUT2D eigenvalue weighted by atomic mass is 19.1. The third-order valence-electron chi connectivity index (χ3n) is 3.89. The fraction of sp³-hybridized carbons (Fsp3) is 0.235. The number of hydrogen-bond donors (Lipinski definition) is 0. The molecule has 1 aliphatic rings. The minimum Gasteiger partial charge on any atom is -0.366 e. The van der Waals surface area contributed by atoms with E-state index in [1.54, 1.807) is 29.2 Å². The molecule has 0 aliphatic carbocycles. The molecule has 0 unspecified atom stereocenters. The van der Waals surface area contributed by atoms with E-state index in [1.807, 2.05) is 11.0 Å². The molecule has 0 spiro atoms. The zero-order valence-corrected chi connectivity index (χ0v) is 12.4. The standard InChI is InChI=1S/C17H15FN4O/c18-15-3-1-2-4-16(15)21-7-9-22(10-8-21)17(23)13-5-6-14(11-19)20-12-13/h1-6,12H,7-10H2. The van der Waals surface area contributed by atoms with Gasteiger partial charge in [0.1, 0.15) is 17.6 Å². The summed E-state index contributed by atoms with van der Waals surface area (Å²) in [7, 11) is 0. The summed E-state index contributed by atoms with van der Waals surface area (Å²) in [5.41, 5.74) is 1.31. The van der Waals surface area contributed by atoms with Crippen LogP contribution in [0.4, 0.5) is 10.1 Å². The lowest BCUT2D eigenvalue weighted by Gasteiger charge is -2.36. The number of halogens is 1. The number of para-hydroxylation sites is 1. The molecule has 0 radical (unpaired) electrons. The van der Waals surface area contributed by atoms with E-state index in [0.29, 0.717) is 37.4 Å². The van der Waals surface area contributed by atoms with Crippen LogP contribution in [-0.4, -0.2) is 42.0 Å². The summed E-state index contributed by atoms with van der Waals surface area (Å²) < 4.78 is 13.8. The number of nitriles is 1. The van der Waals surface area contributed by atoms with Crippen molar-refractivity contribution >= 4 is 11.6 Å². The quantitative estimate of drug-likeness (QED) is 0.852. The van der Waals surface area contributed by atoms with Crippen molar-refractivity contribution in [3.63, 3.8) is 0 Å². The number of nitrogens with zero attached hydrogens (tertiary/aromatic N) is 4. The first-order valence-electron chi connectivity index (χ1n) is 7.34. The molecular formula is C17H15FN4O. The van der Waals surface area contributed by atoms with Crippen LogP contribution in [0.5, 0.6) is 0 Å². The van der Waals surface area contributed by atoms with Gasteiger partial charge in [0.2, 0.25) is 0 Å². The number of pyridine rings is 1. The molecular weight excluding hydrogens is 295 g/mol. The number of piperazine rings is 1. The lowest BCUT2D eigenvalue weighted by atomic mass is 10.2. The Labute approximate surface area is 133 Å². The second-order valence-corrected chi connectivity index (χ2v) is 5.27. The van der Waals surface area contributed by atoms with Gasteiger partial charge in [-0.2, -0.15) is 5.26 Å². The van der Waals surface area contributed by atoms with E-state index in [1.165, 1.54) is 18.3 Å². The van der Waals surface area contributed by atoms with Crippen molar-refractivity contribution in [2.75, 3.05) is 31.1 Å². The van der Waals surface area contributed by atoms with Crippen LogP contribution in [0.15, 0.2) is 42.6 Å². The predicted molar refractivity (Wildman–Crippen MR) is 83.5 cm³/mol. The van der Waals surface area contributed by atoms with Crippen molar-refractivity contribution in [3.05, 3.63) is 59.7 Å². The Morgan fingerprint density at radius 3 is 2.48 bits per heavy atom. The second kappa shape index (κ2) is 6.44. The zero-order valence-electron chi connectivity index (χ0n) is 12.4. The number of carbonyl (C=O) groups is 1. The number of rotatable bonds is 2. The van der Waals surface area contributed by atoms with Crippen molar-refractivity contribution in [1.82, 2.24) is 9.88 Å². The van der Waals surface area contributed by atoms with Gasteiger partial charge in [0.15, 0.2) is 0 Å². The third kappa shape index (κ3) is 3.14. The van der Waals surface area contributed by atoms with Gasteiger partial charge < -0.3 is 9.80 Å². The van der Waals surface area contributed by atoms with E-state index in [4.69, 9.17) is 5.26 Å². The van der Waals surface area contributed by atoms with E-state index in [-0.39, 0.29) is 17.4 Å². The van der Waals surface area contributed by atoms with Crippen LogP contribution in [0, 0.1) is 17.1 Å². The van der Waals surface area contributed by atoms with E-state index >= 15 is 0 Å². The molecule has 1 amide bonds. The maximum absolute atomic E-state index is 13.8. The Bertz CT molecular complexity index is 746. The number of hydrogen-bond acceptors (Lipinski definition) is 4. The van der Waals surface area contributed by atoms with Gasteiger partial charge in [-0.1, -0.05) is 12.1 Å². The Hall–Kier alpha value is -2.94. The summed E-state index contributed by atoms with van der Waals surface area (Å²) >= 11 is 0. The average Bonchev–Trinajstić information content (AvgIpc) is 2.62. The summed E-state index contributed by atoms with van der Waals surface area (Å²) in [4.78, 5) is 20.0. The SMILES string of the molecule is N#Cc1ccc(C(=O)N2CCN(c3ccccc3F)CC2)cn1. The number of aromatic nitrogens is 1. The second-order valence-electron chi connectivity index (χ2n) is 5.27. The van der Waals surface area contributed by atoms with Gasteiger partial charge in [0.25, 0.3) is 5.91 Å². The maximum atomic E-state index is 13.8. The highest BCUT2D eigenvalue weighted by molar-refractivity contribution is 5.94. The number of anilines is 1. The molecule has 1 aromatic carbocycles. The van der Waals surface area contributed by atoms with Crippen LogP contribution < -0.4 is 4.90 Å². The number of amides is 1. The van der Waals surface area contributed by atoms with E-state index in [0.717, 1.165) is 0 Å². The molecule has 23 heavy (non-hydrogen) atoms. The van der Waals surface area contributed by atoms with Gasteiger partial charge >= 0.3 is 0 Å². The fourth-order valence-corrected chi connectivity index (χ4v) is 2.63. The Kier molecular flexibility index (Phi) is 4.20. The van der Waals surface area contributed by atoms with Gasteiger partial charge in [0, 0.05) is 32.4 Å². The molecule has 0 N–H and O–H groups in total. The first kappa shape index (κ1) is 15.0. The van der Waals surface area contributed by atoms with Gasteiger partial charge in [-0.25, -0.2) is 9.37 Å². The molecule has 6 heteroatoms. The van der Waals surface area contributed by atoms with Crippen LogP contribution in [0.1, 0.15) is 16.1 Å². The summed E-state index contributed by atoms with van der Waals surface area (Å²) in [5.74, 6) is -0.362. The van der Waals surface area contributed by atoms with E-state index in [2.05, 4.69) is 4.98 Å². The third-order valence-corrected chi connectivity index (χ3v) is 3.89. The minimum absolute atomic E-state index is 0.116. The average molecular weight is 310 g/mol. The summed E-state index contributed by atoms with van der Waals surface area (Å²) in [6.07, 6.45) is 1.42. The lowest BCUT2D eigenvalue weighted by Crippen LogP contribution is -2.49. The molecule has 1 fully saturated rings. The highest BCUT2D eigenvalue weighted by Crippen LogP contribution is 2.20. The topological polar surface area (TPSA) is 60.2 Å². The molecule has 1 aliphatic heterocycles. The van der Waals surface area contributed by atoms with Crippen molar-refractivity contribution in [3.8, 4) is 6.07 Å². The smallest absolute Gasteiger partial charge is 0.255 e. The molecule has 2 heterocycles. The molecule has 1 saturated heterocycles. The zero-order chi connectivity index (χ0) is 16.2.